The maximum Gasteiger partial charge on any atom is 0.209 e. The summed E-state index contributed by atoms with van der Waals surface area (Å²) in [7, 11) is 0. The average molecular weight is 332 g/mol. The Morgan fingerprint density at radius 1 is 1.29 bits per heavy atom. The van der Waals surface area contributed by atoms with Crippen molar-refractivity contribution in [3.8, 4) is 0 Å². The highest BCUT2D eigenvalue weighted by molar-refractivity contribution is 5.16. The Bertz CT molecular complexity index is 652. The lowest BCUT2D eigenvalue weighted by molar-refractivity contribution is -0.944. The van der Waals surface area contributed by atoms with Crippen LogP contribution in [-0.2, 0) is 6.54 Å². The molecule has 0 amide bonds. The van der Waals surface area contributed by atoms with E-state index in [4.69, 9.17) is 0 Å². The van der Waals surface area contributed by atoms with Crippen LogP contribution in [0.3, 0.4) is 0 Å². The Hall–Kier alpha value is -1.82. The van der Waals surface area contributed by atoms with E-state index < -0.39 is 0 Å². The van der Waals surface area contributed by atoms with E-state index in [0.717, 1.165) is 17.3 Å². The van der Waals surface area contributed by atoms with E-state index in [-0.39, 0.29) is 5.82 Å². The molecule has 1 aliphatic heterocycles. The molecule has 1 aromatic carbocycles. The molecule has 1 aromatic heterocycles. The lowest BCUT2D eigenvalue weighted by atomic mass is 9.94. The summed E-state index contributed by atoms with van der Waals surface area (Å²) in [6, 6.07) is 6.85. The van der Waals surface area contributed by atoms with Gasteiger partial charge in [0.1, 0.15) is 5.82 Å². The van der Waals surface area contributed by atoms with Crippen molar-refractivity contribution in [2.24, 2.45) is 11.8 Å². The number of nitrogens with one attached hydrogen (secondary N) is 1. The van der Waals surface area contributed by atoms with Gasteiger partial charge in [-0.2, -0.15) is 0 Å². The summed E-state index contributed by atoms with van der Waals surface area (Å²) in [5, 5.41) is 12.5. The standard InChI is InChI=1S/C18H26FN5/c1-13(2)17(23-10-4-5-14(3)11-23)18-20-21-22-24(18)12-15-6-8-16(19)9-7-15/h6-9,13-14,17H,4-5,10-12H2,1-3H3/p+1/t14-,17+/m0/s1. The molecule has 1 saturated heterocycles. The number of tetrazole rings is 1. The van der Waals surface area contributed by atoms with Crippen molar-refractivity contribution in [3.05, 3.63) is 41.5 Å². The number of nitrogens with zero attached hydrogens (tertiary/aromatic N) is 4. The Morgan fingerprint density at radius 2 is 2.04 bits per heavy atom. The van der Waals surface area contributed by atoms with Gasteiger partial charge in [-0.1, -0.05) is 32.9 Å². The summed E-state index contributed by atoms with van der Waals surface area (Å²) >= 11 is 0. The molecule has 3 atom stereocenters. The summed E-state index contributed by atoms with van der Waals surface area (Å²) in [4.78, 5) is 1.58. The van der Waals surface area contributed by atoms with Gasteiger partial charge in [0, 0.05) is 11.8 Å². The Labute approximate surface area is 142 Å². The molecule has 2 aromatic rings. The molecule has 1 fully saturated rings. The van der Waals surface area contributed by atoms with Crippen LogP contribution in [0, 0.1) is 17.7 Å². The predicted octanol–water partition coefficient (Wildman–Crippen LogP) is 1.87. The van der Waals surface area contributed by atoms with Gasteiger partial charge in [-0.15, -0.1) is 5.10 Å². The second-order valence-electron chi connectivity index (χ2n) is 7.40. The van der Waals surface area contributed by atoms with Gasteiger partial charge in [0.15, 0.2) is 6.04 Å². The molecule has 5 nitrogen and oxygen atoms in total. The molecule has 0 bridgehead atoms. The molecule has 0 saturated carbocycles. The van der Waals surface area contributed by atoms with Gasteiger partial charge in [-0.3, -0.25) is 0 Å². The molecule has 1 N–H and O–H groups in total. The SMILES string of the molecule is CC(C)[C@H](c1nnnn1Cc1ccc(F)cc1)[NH+]1CCC[C@H](C)C1. The van der Waals surface area contributed by atoms with Crippen molar-refractivity contribution in [1.29, 1.82) is 0 Å². The summed E-state index contributed by atoms with van der Waals surface area (Å²) in [6.45, 7) is 9.75. The minimum atomic E-state index is -0.220. The van der Waals surface area contributed by atoms with E-state index in [2.05, 4.69) is 36.3 Å². The van der Waals surface area contributed by atoms with Crippen LogP contribution in [0.25, 0.3) is 0 Å². The summed E-state index contributed by atoms with van der Waals surface area (Å²) in [5.41, 5.74) is 1.01. The zero-order valence-corrected chi connectivity index (χ0v) is 14.7. The average Bonchev–Trinajstić information content (AvgIpc) is 2.97. The summed E-state index contributed by atoms with van der Waals surface area (Å²) in [6.07, 6.45) is 2.58. The predicted molar refractivity (Wildman–Crippen MR) is 90.0 cm³/mol. The van der Waals surface area contributed by atoms with Gasteiger partial charge in [-0.25, -0.2) is 9.07 Å². The van der Waals surface area contributed by atoms with Crippen molar-refractivity contribution in [2.75, 3.05) is 13.1 Å². The van der Waals surface area contributed by atoms with E-state index in [1.165, 1.54) is 38.1 Å². The van der Waals surface area contributed by atoms with Crippen LogP contribution in [0.4, 0.5) is 4.39 Å². The van der Waals surface area contributed by atoms with Crippen LogP contribution in [0.15, 0.2) is 24.3 Å². The van der Waals surface area contributed by atoms with Gasteiger partial charge in [0.05, 0.1) is 19.6 Å². The maximum atomic E-state index is 13.1. The van der Waals surface area contributed by atoms with E-state index >= 15 is 0 Å². The number of rotatable bonds is 5. The lowest BCUT2D eigenvalue weighted by Gasteiger charge is -2.35. The smallest absolute Gasteiger partial charge is 0.209 e. The first-order chi connectivity index (χ1) is 11.5. The van der Waals surface area contributed by atoms with E-state index in [0.29, 0.717) is 18.5 Å². The Balaban J connectivity index is 1.84. The van der Waals surface area contributed by atoms with Crippen LogP contribution in [-0.4, -0.2) is 33.3 Å². The van der Waals surface area contributed by atoms with Gasteiger partial charge in [0.25, 0.3) is 0 Å². The van der Waals surface area contributed by atoms with Crippen molar-refractivity contribution in [3.63, 3.8) is 0 Å². The third-order valence-corrected chi connectivity index (χ3v) is 5.00. The van der Waals surface area contributed by atoms with E-state index in [9.17, 15) is 4.39 Å². The molecule has 2 heterocycles. The van der Waals surface area contributed by atoms with Gasteiger partial charge in [0.2, 0.25) is 5.82 Å². The van der Waals surface area contributed by atoms with Gasteiger partial charge >= 0.3 is 0 Å². The molecule has 0 aliphatic carbocycles. The minimum Gasteiger partial charge on any atom is -0.326 e. The highest BCUT2D eigenvalue weighted by Gasteiger charge is 2.35. The molecular weight excluding hydrogens is 305 g/mol. The number of quaternary nitrogens is 1. The quantitative estimate of drug-likeness (QED) is 0.909. The fraction of sp³-hybridized carbons (Fsp3) is 0.611. The number of halogens is 1. The fourth-order valence-electron chi connectivity index (χ4n) is 3.87. The van der Waals surface area contributed by atoms with Crippen LogP contribution >= 0.6 is 0 Å². The number of benzene rings is 1. The summed E-state index contributed by atoms with van der Waals surface area (Å²) < 4.78 is 15.0. The number of hydrogen-bond acceptors (Lipinski definition) is 3. The first kappa shape index (κ1) is 17.0. The topological polar surface area (TPSA) is 48.0 Å². The lowest BCUT2D eigenvalue weighted by Crippen LogP contribution is -3.14. The molecule has 0 radical (unpaired) electrons. The molecule has 130 valence electrons. The third-order valence-electron chi connectivity index (χ3n) is 5.00. The fourth-order valence-corrected chi connectivity index (χ4v) is 3.87. The van der Waals surface area contributed by atoms with Crippen molar-refractivity contribution >= 4 is 0 Å². The first-order valence-corrected chi connectivity index (χ1v) is 8.89. The molecular formula is C18H27FN5+. The zero-order chi connectivity index (χ0) is 17.1. The Kier molecular flexibility index (Phi) is 5.23. The third kappa shape index (κ3) is 3.80. The van der Waals surface area contributed by atoms with Crippen molar-refractivity contribution in [1.82, 2.24) is 20.2 Å². The van der Waals surface area contributed by atoms with Crippen molar-refractivity contribution in [2.45, 2.75) is 46.2 Å². The number of hydrogen-bond donors (Lipinski definition) is 1. The van der Waals surface area contributed by atoms with Crippen LogP contribution in [0.1, 0.15) is 51.0 Å². The van der Waals surface area contributed by atoms with Gasteiger partial charge in [-0.05, 0) is 41.0 Å². The van der Waals surface area contributed by atoms with Gasteiger partial charge < -0.3 is 4.90 Å². The first-order valence-electron chi connectivity index (χ1n) is 8.89. The molecule has 0 spiro atoms. The molecule has 6 heteroatoms. The van der Waals surface area contributed by atoms with E-state index in [1.807, 2.05) is 4.68 Å². The summed E-state index contributed by atoms with van der Waals surface area (Å²) in [5.74, 6) is 1.93. The monoisotopic (exact) mass is 332 g/mol. The zero-order valence-electron chi connectivity index (χ0n) is 14.7. The number of likely N-dealkylation sites (tertiary alicyclic amines) is 1. The second kappa shape index (κ2) is 7.38. The minimum absolute atomic E-state index is 0.220. The maximum absolute atomic E-state index is 13.1. The number of piperidine rings is 1. The second-order valence-corrected chi connectivity index (χ2v) is 7.40. The normalized spacial score (nSPS) is 22.7. The molecule has 1 aliphatic rings. The van der Waals surface area contributed by atoms with Crippen molar-refractivity contribution < 1.29 is 9.29 Å². The molecule has 3 rings (SSSR count). The highest BCUT2D eigenvalue weighted by Crippen LogP contribution is 2.19. The highest BCUT2D eigenvalue weighted by atomic mass is 19.1. The van der Waals surface area contributed by atoms with E-state index in [1.54, 1.807) is 17.0 Å². The molecule has 1 unspecified atom stereocenters. The molecule has 24 heavy (non-hydrogen) atoms. The Morgan fingerprint density at radius 3 is 2.71 bits per heavy atom. The largest absolute Gasteiger partial charge is 0.326 e. The van der Waals surface area contributed by atoms with Crippen LogP contribution in [0.5, 0.6) is 0 Å². The van der Waals surface area contributed by atoms with Crippen LogP contribution < -0.4 is 4.90 Å². The van der Waals surface area contributed by atoms with Crippen LogP contribution in [0.2, 0.25) is 0 Å². The number of aromatic nitrogens is 4.